The molecule has 0 bridgehead atoms. The molecular formula is C21H24FN3O2. The van der Waals surface area contributed by atoms with Gasteiger partial charge in [-0.05, 0) is 23.6 Å². The summed E-state index contributed by atoms with van der Waals surface area (Å²) in [6, 6.07) is 15.7. The van der Waals surface area contributed by atoms with Crippen LogP contribution < -0.4 is 11.1 Å². The molecule has 2 aromatic rings. The lowest BCUT2D eigenvalue weighted by Gasteiger charge is -2.38. The van der Waals surface area contributed by atoms with Crippen LogP contribution in [0, 0.1) is 11.7 Å². The molecule has 1 atom stereocenters. The molecule has 1 heterocycles. The molecular weight excluding hydrogens is 345 g/mol. The highest BCUT2D eigenvalue weighted by atomic mass is 19.1. The smallest absolute Gasteiger partial charge is 0.226 e. The van der Waals surface area contributed by atoms with Crippen molar-refractivity contribution in [3.8, 4) is 0 Å². The fraction of sp³-hybridized carbons (Fsp3) is 0.333. The van der Waals surface area contributed by atoms with Gasteiger partial charge < -0.3 is 16.0 Å². The maximum Gasteiger partial charge on any atom is 0.226 e. The second-order valence-electron chi connectivity index (χ2n) is 6.96. The summed E-state index contributed by atoms with van der Waals surface area (Å²) >= 11 is 0. The molecule has 3 rings (SSSR count). The molecule has 1 saturated heterocycles. The van der Waals surface area contributed by atoms with E-state index in [4.69, 9.17) is 5.73 Å². The number of nitrogens with zero attached hydrogens (tertiary/aromatic N) is 1. The molecule has 1 aliphatic heterocycles. The lowest BCUT2D eigenvalue weighted by Crippen LogP contribution is -2.56. The average Bonchev–Trinajstić information content (AvgIpc) is 2.61. The summed E-state index contributed by atoms with van der Waals surface area (Å²) in [4.78, 5) is 26.1. The zero-order chi connectivity index (χ0) is 19.2. The minimum Gasteiger partial charge on any atom is -0.352 e. The Labute approximate surface area is 158 Å². The van der Waals surface area contributed by atoms with Crippen LogP contribution in [0.4, 0.5) is 4.39 Å². The lowest BCUT2D eigenvalue weighted by molar-refractivity contribution is -0.143. The van der Waals surface area contributed by atoms with Crippen LogP contribution >= 0.6 is 0 Å². The molecule has 1 aliphatic rings. The van der Waals surface area contributed by atoms with E-state index in [0.717, 1.165) is 5.56 Å². The Morgan fingerprint density at radius 2 is 1.78 bits per heavy atom. The Balaban J connectivity index is 1.39. The molecule has 2 aromatic carbocycles. The number of nitrogens with two attached hydrogens (primary N) is 1. The largest absolute Gasteiger partial charge is 0.352 e. The highest BCUT2D eigenvalue weighted by Crippen LogP contribution is 2.18. The molecule has 0 aromatic heterocycles. The number of hydrogen-bond acceptors (Lipinski definition) is 3. The number of amides is 2. The fourth-order valence-electron chi connectivity index (χ4n) is 3.15. The second-order valence-corrected chi connectivity index (χ2v) is 6.96. The topological polar surface area (TPSA) is 75.4 Å². The van der Waals surface area contributed by atoms with Crippen molar-refractivity contribution in [1.82, 2.24) is 10.2 Å². The molecule has 0 aliphatic carbocycles. The van der Waals surface area contributed by atoms with E-state index in [1.54, 1.807) is 23.1 Å². The van der Waals surface area contributed by atoms with Gasteiger partial charge in [-0.15, -0.1) is 0 Å². The van der Waals surface area contributed by atoms with Gasteiger partial charge >= 0.3 is 0 Å². The average molecular weight is 369 g/mol. The van der Waals surface area contributed by atoms with Crippen LogP contribution in [0.25, 0.3) is 0 Å². The molecule has 1 unspecified atom stereocenters. The first-order chi connectivity index (χ1) is 13.0. The van der Waals surface area contributed by atoms with Gasteiger partial charge in [0.05, 0.1) is 5.92 Å². The van der Waals surface area contributed by atoms with Crippen molar-refractivity contribution >= 4 is 11.8 Å². The van der Waals surface area contributed by atoms with Gasteiger partial charge in [-0.2, -0.15) is 0 Å². The first-order valence-electron chi connectivity index (χ1n) is 9.11. The number of nitrogens with one attached hydrogen (secondary N) is 1. The molecule has 6 heteroatoms. The van der Waals surface area contributed by atoms with Crippen LogP contribution in [0.5, 0.6) is 0 Å². The van der Waals surface area contributed by atoms with Crippen molar-refractivity contribution in [2.75, 3.05) is 13.1 Å². The van der Waals surface area contributed by atoms with Gasteiger partial charge in [-0.1, -0.05) is 48.5 Å². The van der Waals surface area contributed by atoms with Crippen LogP contribution in [0.15, 0.2) is 54.6 Å². The van der Waals surface area contributed by atoms with Gasteiger partial charge in [-0.25, -0.2) is 4.39 Å². The first kappa shape index (κ1) is 19.0. The SMILES string of the molecule is NC(CC(=O)N1CC(C(=O)NCc2ccccc2)C1)Cc1ccccc1F. The van der Waals surface area contributed by atoms with E-state index in [-0.39, 0.29) is 30.0 Å². The van der Waals surface area contributed by atoms with Gasteiger partial charge in [0.1, 0.15) is 5.82 Å². The van der Waals surface area contributed by atoms with Crippen LogP contribution in [0.2, 0.25) is 0 Å². The fourth-order valence-corrected chi connectivity index (χ4v) is 3.15. The minimum absolute atomic E-state index is 0.0430. The van der Waals surface area contributed by atoms with E-state index in [0.29, 0.717) is 31.6 Å². The number of halogens is 1. The van der Waals surface area contributed by atoms with Gasteiger partial charge in [0.15, 0.2) is 0 Å². The second kappa shape index (κ2) is 8.77. The summed E-state index contributed by atoms with van der Waals surface area (Å²) in [7, 11) is 0. The molecule has 0 spiro atoms. The number of hydrogen-bond donors (Lipinski definition) is 2. The summed E-state index contributed by atoms with van der Waals surface area (Å²) in [5.74, 6) is -0.621. The number of likely N-dealkylation sites (tertiary alicyclic amines) is 1. The maximum absolute atomic E-state index is 13.7. The normalized spacial score (nSPS) is 15.1. The third kappa shape index (κ3) is 5.14. The molecule has 0 radical (unpaired) electrons. The predicted octanol–water partition coefficient (Wildman–Crippen LogP) is 1.86. The zero-order valence-electron chi connectivity index (χ0n) is 15.1. The highest BCUT2D eigenvalue weighted by molar-refractivity contribution is 5.84. The summed E-state index contributed by atoms with van der Waals surface area (Å²) in [5, 5.41) is 2.90. The molecule has 27 heavy (non-hydrogen) atoms. The van der Waals surface area contributed by atoms with Crippen molar-refractivity contribution in [1.29, 1.82) is 0 Å². The summed E-state index contributed by atoms with van der Waals surface area (Å²) in [6.07, 6.45) is 0.458. The van der Waals surface area contributed by atoms with Gasteiger partial charge in [0.25, 0.3) is 0 Å². The molecule has 1 fully saturated rings. The molecule has 2 amide bonds. The van der Waals surface area contributed by atoms with E-state index in [9.17, 15) is 14.0 Å². The van der Waals surface area contributed by atoms with Crippen molar-refractivity contribution in [2.24, 2.45) is 11.7 Å². The van der Waals surface area contributed by atoms with E-state index in [1.807, 2.05) is 30.3 Å². The van der Waals surface area contributed by atoms with E-state index < -0.39 is 6.04 Å². The Hall–Kier alpha value is -2.73. The summed E-state index contributed by atoms with van der Waals surface area (Å²) < 4.78 is 13.7. The Bertz CT molecular complexity index is 791. The molecule has 0 saturated carbocycles. The third-order valence-corrected chi connectivity index (χ3v) is 4.79. The van der Waals surface area contributed by atoms with Crippen molar-refractivity contribution in [3.63, 3.8) is 0 Å². The van der Waals surface area contributed by atoms with Crippen LogP contribution in [0.1, 0.15) is 17.5 Å². The number of carbonyl (C=O) groups excluding carboxylic acids is 2. The lowest BCUT2D eigenvalue weighted by atomic mass is 9.96. The Morgan fingerprint density at radius 3 is 2.48 bits per heavy atom. The van der Waals surface area contributed by atoms with Crippen molar-refractivity contribution < 1.29 is 14.0 Å². The van der Waals surface area contributed by atoms with E-state index in [2.05, 4.69) is 5.32 Å². The Kier molecular flexibility index (Phi) is 6.19. The van der Waals surface area contributed by atoms with Crippen LogP contribution in [-0.4, -0.2) is 35.8 Å². The van der Waals surface area contributed by atoms with E-state index >= 15 is 0 Å². The van der Waals surface area contributed by atoms with Crippen molar-refractivity contribution in [2.45, 2.75) is 25.4 Å². The van der Waals surface area contributed by atoms with Crippen molar-refractivity contribution in [3.05, 3.63) is 71.5 Å². The minimum atomic E-state index is -0.444. The third-order valence-electron chi connectivity index (χ3n) is 4.79. The van der Waals surface area contributed by atoms with Gasteiger partial charge in [0.2, 0.25) is 11.8 Å². The molecule has 142 valence electrons. The first-order valence-corrected chi connectivity index (χ1v) is 9.11. The summed E-state index contributed by atoms with van der Waals surface area (Å²) in [5.41, 5.74) is 7.56. The molecule has 3 N–H and O–H groups in total. The van der Waals surface area contributed by atoms with Gasteiger partial charge in [0, 0.05) is 32.1 Å². The highest BCUT2D eigenvalue weighted by Gasteiger charge is 2.35. The predicted molar refractivity (Wildman–Crippen MR) is 101 cm³/mol. The van der Waals surface area contributed by atoms with Crippen LogP contribution in [-0.2, 0) is 22.6 Å². The van der Waals surface area contributed by atoms with Crippen LogP contribution in [0.3, 0.4) is 0 Å². The number of rotatable bonds is 7. The number of benzene rings is 2. The zero-order valence-corrected chi connectivity index (χ0v) is 15.1. The maximum atomic E-state index is 13.7. The standard InChI is InChI=1S/C21H24FN3O2/c22-19-9-5-4-8-16(19)10-18(23)11-20(26)25-13-17(14-25)21(27)24-12-15-6-2-1-3-7-15/h1-9,17-18H,10-14,23H2,(H,24,27). The van der Waals surface area contributed by atoms with E-state index in [1.165, 1.54) is 6.07 Å². The summed E-state index contributed by atoms with van der Waals surface area (Å²) in [6.45, 7) is 1.30. The van der Waals surface area contributed by atoms with Gasteiger partial charge in [-0.3, -0.25) is 9.59 Å². The monoisotopic (exact) mass is 369 g/mol. The Morgan fingerprint density at radius 1 is 1.11 bits per heavy atom. The quantitative estimate of drug-likeness (QED) is 0.782. The number of carbonyl (C=O) groups is 2. The molecule has 5 nitrogen and oxygen atoms in total.